The van der Waals surface area contributed by atoms with Gasteiger partial charge in [-0.2, -0.15) is 13.2 Å². The monoisotopic (exact) mass is 272 g/mol. The van der Waals surface area contributed by atoms with Gasteiger partial charge in [0.1, 0.15) is 5.69 Å². The summed E-state index contributed by atoms with van der Waals surface area (Å²) in [6.45, 7) is 3.03. The Bertz CT molecular complexity index is 396. The van der Waals surface area contributed by atoms with Crippen LogP contribution in [0.2, 0.25) is 0 Å². The molecule has 1 atom stereocenters. The SMILES string of the molecule is CC(CCNc1ccc(C(F)(F)F)nc1)C1CCC1. The number of anilines is 1. The van der Waals surface area contributed by atoms with Gasteiger partial charge in [0.15, 0.2) is 0 Å². The Labute approximate surface area is 111 Å². The molecule has 0 aromatic carbocycles. The Hall–Kier alpha value is -1.26. The van der Waals surface area contributed by atoms with Crippen molar-refractivity contribution < 1.29 is 13.2 Å². The molecule has 0 radical (unpaired) electrons. The summed E-state index contributed by atoms with van der Waals surface area (Å²) < 4.78 is 37.0. The number of halogens is 3. The minimum atomic E-state index is -4.36. The lowest BCUT2D eigenvalue weighted by Crippen LogP contribution is -2.21. The van der Waals surface area contributed by atoms with Crippen LogP contribution in [0, 0.1) is 11.8 Å². The first-order chi connectivity index (χ1) is 8.97. The minimum absolute atomic E-state index is 0.647. The summed E-state index contributed by atoms with van der Waals surface area (Å²) in [6, 6.07) is 2.45. The molecule has 1 heterocycles. The number of hydrogen-bond donors (Lipinski definition) is 1. The van der Waals surface area contributed by atoms with Crippen molar-refractivity contribution in [3.05, 3.63) is 24.0 Å². The average Bonchev–Trinajstić information content (AvgIpc) is 2.26. The number of hydrogen-bond acceptors (Lipinski definition) is 2. The molecule has 0 amide bonds. The first-order valence-electron chi connectivity index (χ1n) is 6.74. The summed E-state index contributed by atoms with van der Waals surface area (Å²) in [5.41, 5.74) is -0.199. The number of nitrogens with one attached hydrogen (secondary N) is 1. The van der Waals surface area contributed by atoms with E-state index in [9.17, 15) is 13.2 Å². The summed E-state index contributed by atoms with van der Waals surface area (Å²) in [7, 11) is 0. The lowest BCUT2D eigenvalue weighted by atomic mass is 9.75. The van der Waals surface area contributed by atoms with Crippen molar-refractivity contribution in [2.45, 2.75) is 38.8 Å². The molecule has 1 aliphatic rings. The Morgan fingerprint density at radius 1 is 1.37 bits per heavy atom. The van der Waals surface area contributed by atoms with Gasteiger partial charge in [0.2, 0.25) is 0 Å². The molecular weight excluding hydrogens is 253 g/mol. The van der Waals surface area contributed by atoms with Gasteiger partial charge in [0.25, 0.3) is 0 Å². The summed E-state index contributed by atoms with van der Waals surface area (Å²) >= 11 is 0. The zero-order chi connectivity index (χ0) is 13.9. The molecule has 1 aromatic heterocycles. The van der Waals surface area contributed by atoms with Gasteiger partial charge in [-0.05, 0) is 30.4 Å². The maximum Gasteiger partial charge on any atom is 0.433 e. The van der Waals surface area contributed by atoms with Crippen LogP contribution in [0.15, 0.2) is 18.3 Å². The Kier molecular flexibility index (Phi) is 4.32. The van der Waals surface area contributed by atoms with E-state index in [0.29, 0.717) is 11.6 Å². The van der Waals surface area contributed by atoms with Crippen LogP contribution in [-0.4, -0.2) is 11.5 Å². The van der Waals surface area contributed by atoms with Gasteiger partial charge in [-0.3, -0.25) is 0 Å². The molecule has 106 valence electrons. The number of alkyl halides is 3. The first kappa shape index (κ1) is 14.2. The third kappa shape index (κ3) is 3.85. The van der Waals surface area contributed by atoms with Gasteiger partial charge in [-0.25, -0.2) is 4.98 Å². The molecule has 1 fully saturated rings. The fourth-order valence-electron chi connectivity index (χ4n) is 2.35. The molecule has 2 nitrogen and oxygen atoms in total. The zero-order valence-electron chi connectivity index (χ0n) is 11.0. The summed E-state index contributed by atoms with van der Waals surface area (Å²) in [4.78, 5) is 3.42. The number of nitrogens with zero attached hydrogens (tertiary/aromatic N) is 1. The predicted octanol–water partition coefficient (Wildman–Crippen LogP) is 4.34. The third-order valence-corrected chi connectivity index (χ3v) is 3.94. The fourth-order valence-corrected chi connectivity index (χ4v) is 2.35. The lowest BCUT2D eigenvalue weighted by Gasteiger charge is -2.31. The highest BCUT2D eigenvalue weighted by Crippen LogP contribution is 2.34. The fraction of sp³-hybridized carbons (Fsp3) is 0.643. The molecule has 0 bridgehead atoms. The summed E-state index contributed by atoms with van der Waals surface area (Å²) in [5.74, 6) is 1.52. The highest BCUT2D eigenvalue weighted by atomic mass is 19.4. The van der Waals surface area contributed by atoms with Gasteiger partial charge in [-0.1, -0.05) is 26.2 Å². The normalized spacial score (nSPS) is 17.9. The van der Waals surface area contributed by atoms with Gasteiger partial charge < -0.3 is 5.32 Å². The van der Waals surface area contributed by atoms with Gasteiger partial charge in [0.05, 0.1) is 11.9 Å². The quantitative estimate of drug-likeness (QED) is 0.862. The van der Waals surface area contributed by atoms with Crippen LogP contribution in [-0.2, 0) is 6.18 Å². The van der Waals surface area contributed by atoms with E-state index in [1.54, 1.807) is 0 Å². The molecule has 19 heavy (non-hydrogen) atoms. The smallest absolute Gasteiger partial charge is 0.384 e. The Balaban J connectivity index is 1.76. The molecule has 1 aromatic rings. The molecule has 1 N–H and O–H groups in total. The average molecular weight is 272 g/mol. The van der Waals surface area contributed by atoms with Crippen molar-refractivity contribution in [1.29, 1.82) is 0 Å². The van der Waals surface area contributed by atoms with Crippen LogP contribution in [0.4, 0.5) is 18.9 Å². The van der Waals surface area contributed by atoms with E-state index in [1.165, 1.54) is 31.5 Å². The van der Waals surface area contributed by atoms with E-state index in [0.717, 1.165) is 24.9 Å². The van der Waals surface area contributed by atoms with Gasteiger partial charge >= 0.3 is 6.18 Å². The van der Waals surface area contributed by atoms with Crippen LogP contribution in [0.3, 0.4) is 0 Å². The topological polar surface area (TPSA) is 24.9 Å². The van der Waals surface area contributed by atoms with Crippen LogP contribution < -0.4 is 5.32 Å². The van der Waals surface area contributed by atoms with E-state index in [4.69, 9.17) is 0 Å². The summed E-state index contributed by atoms with van der Waals surface area (Å²) in [5, 5.41) is 3.13. The second-order valence-electron chi connectivity index (χ2n) is 5.31. The molecule has 2 rings (SSSR count). The molecule has 1 unspecified atom stereocenters. The van der Waals surface area contributed by atoms with Crippen molar-refractivity contribution in [3.63, 3.8) is 0 Å². The van der Waals surface area contributed by atoms with Gasteiger partial charge in [-0.15, -0.1) is 0 Å². The van der Waals surface area contributed by atoms with Crippen molar-refractivity contribution >= 4 is 5.69 Å². The molecule has 1 aliphatic carbocycles. The maximum atomic E-state index is 12.3. The standard InChI is InChI=1S/C14H19F3N2/c1-10(11-3-2-4-11)7-8-18-12-5-6-13(19-9-12)14(15,16)17/h5-6,9-11,18H,2-4,7-8H2,1H3. The van der Waals surface area contributed by atoms with E-state index >= 15 is 0 Å². The summed E-state index contributed by atoms with van der Waals surface area (Å²) in [6.07, 6.45) is 1.91. The number of rotatable bonds is 5. The first-order valence-corrected chi connectivity index (χ1v) is 6.74. The molecule has 5 heteroatoms. The molecule has 0 aliphatic heterocycles. The highest BCUT2D eigenvalue weighted by molar-refractivity contribution is 5.41. The predicted molar refractivity (Wildman–Crippen MR) is 68.9 cm³/mol. The molecule has 0 spiro atoms. The maximum absolute atomic E-state index is 12.3. The van der Waals surface area contributed by atoms with Crippen LogP contribution in [0.5, 0.6) is 0 Å². The van der Waals surface area contributed by atoms with Crippen LogP contribution in [0.25, 0.3) is 0 Å². The highest BCUT2D eigenvalue weighted by Gasteiger charge is 2.32. The van der Waals surface area contributed by atoms with Gasteiger partial charge in [0, 0.05) is 6.54 Å². The zero-order valence-corrected chi connectivity index (χ0v) is 11.0. The van der Waals surface area contributed by atoms with E-state index in [-0.39, 0.29) is 0 Å². The van der Waals surface area contributed by atoms with E-state index in [1.807, 2.05) is 0 Å². The molecule has 1 saturated carbocycles. The second kappa shape index (κ2) is 5.80. The van der Waals surface area contributed by atoms with Crippen LogP contribution in [0.1, 0.15) is 38.3 Å². The van der Waals surface area contributed by atoms with Crippen molar-refractivity contribution in [2.24, 2.45) is 11.8 Å². The number of aromatic nitrogens is 1. The Morgan fingerprint density at radius 3 is 2.58 bits per heavy atom. The largest absolute Gasteiger partial charge is 0.433 e. The number of pyridine rings is 1. The molecule has 0 saturated heterocycles. The Morgan fingerprint density at radius 2 is 2.11 bits per heavy atom. The minimum Gasteiger partial charge on any atom is -0.384 e. The van der Waals surface area contributed by atoms with Crippen LogP contribution >= 0.6 is 0 Å². The lowest BCUT2D eigenvalue weighted by molar-refractivity contribution is -0.141. The van der Waals surface area contributed by atoms with E-state index in [2.05, 4.69) is 17.2 Å². The van der Waals surface area contributed by atoms with Crippen molar-refractivity contribution in [1.82, 2.24) is 4.98 Å². The van der Waals surface area contributed by atoms with Crippen molar-refractivity contribution in [2.75, 3.05) is 11.9 Å². The second-order valence-corrected chi connectivity index (χ2v) is 5.31. The molecular formula is C14H19F3N2. The van der Waals surface area contributed by atoms with E-state index < -0.39 is 11.9 Å². The van der Waals surface area contributed by atoms with Crippen molar-refractivity contribution in [3.8, 4) is 0 Å². The third-order valence-electron chi connectivity index (χ3n) is 3.94.